The van der Waals surface area contributed by atoms with Gasteiger partial charge in [-0.05, 0) is 26.0 Å². The van der Waals surface area contributed by atoms with Crippen molar-refractivity contribution in [3.05, 3.63) is 57.9 Å². The summed E-state index contributed by atoms with van der Waals surface area (Å²) in [6, 6.07) is 6.74. The number of carbonyl (C=O) groups is 2. The lowest BCUT2D eigenvalue weighted by Gasteiger charge is -2.05. The number of imidazole rings is 1. The summed E-state index contributed by atoms with van der Waals surface area (Å²) >= 11 is 1.54. The number of hydrogen-bond donors (Lipinski definition) is 0. The zero-order valence-corrected chi connectivity index (χ0v) is 13.3. The number of carbonyl (C=O) groups excluding carboxylic acids is 2. The Balaban J connectivity index is 1.75. The van der Waals surface area contributed by atoms with Gasteiger partial charge in [0.15, 0.2) is 4.96 Å². The smallest absolute Gasteiger partial charge is 0.282 e. The molecule has 0 bridgehead atoms. The van der Waals surface area contributed by atoms with Gasteiger partial charge in [0.25, 0.3) is 11.8 Å². The van der Waals surface area contributed by atoms with Crippen molar-refractivity contribution in [3.8, 4) is 0 Å². The van der Waals surface area contributed by atoms with E-state index in [2.05, 4.69) is 10.1 Å². The molecule has 0 aliphatic carbocycles. The first kappa shape index (κ1) is 13.8. The van der Waals surface area contributed by atoms with Crippen LogP contribution in [0.25, 0.3) is 4.96 Å². The van der Waals surface area contributed by atoms with Crippen molar-refractivity contribution in [2.75, 3.05) is 0 Å². The fourth-order valence-electron chi connectivity index (χ4n) is 2.67. The van der Waals surface area contributed by atoms with Crippen molar-refractivity contribution in [3.63, 3.8) is 0 Å². The second-order valence-corrected chi connectivity index (χ2v) is 6.13. The first-order chi connectivity index (χ1) is 11.1. The fraction of sp³-hybridized carbons (Fsp3) is 0.125. The third kappa shape index (κ3) is 1.93. The molecule has 0 N–H and O–H groups in total. The minimum atomic E-state index is -0.401. The van der Waals surface area contributed by atoms with E-state index in [1.807, 2.05) is 23.6 Å². The molecule has 6 nitrogen and oxygen atoms in total. The van der Waals surface area contributed by atoms with Gasteiger partial charge in [-0.1, -0.05) is 12.1 Å². The molecule has 0 spiro atoms. The van der Waals surface area contributed by atoms with Crippen LogP contribution < -0.4 is 0 Å². The molecule has 4 rings (SSSR count). The van der Waals surface area contributed by atoms with Crippen LogP contribution in [0.3, 0.4) is 0 Å². The Bertz CT molecular complexity index is 964. The Labute approximate surface area is 135 Å². The van der Waals surface area contributed by atoms with Gasteiger partial charge in [0.2, 0.25) is 0 Å². The molecule has 0 radical (unpaired) electrons. The lowest BCUT2D eigenvalue weighted by Crippen LogP contribution is -2.24. The Morgan fingerprint density at radius 2 is 1.78 bits per heavy atom. The largest absolute Gasteiger partial charge is 0.286 e. The highest BCUT2D eigenvalue weighted by Crippen LogP contribution is 2.23. The summed E-state index contributed by atoms with van der Waals surface area (Å²) in [5.74, 6) is -0.801. The molecule has 1 aromatic carbocycles. The van der Waals surface area contributed by atoms with Crippen molar-refractivity contribution < 1.29 is 9.59 Å². The molecule has 0 atom stereocenters. The van der Waals surface area contributed by atoms with E-state index in [-0.39, 0.29) is 0 Å². The molecule has 7 heteroatoms. The van der Waals surface area contributed by atoms with Crippen molar-refractivity contribution in [2.24, 2.45) is 5.10 Å². The SMILES string of the molecule is Cc1nc2scc(C)n2c1/C=N\N1C(=O)c2ccccc2C1=O. The normalized spacial score (nSPS) is 14.4. The van der Waals surface area contributed by atoms with E-state index in [4.69, 9.17) is 0 Å². The first-order valence-electron chi connectivity index (χ1n) is 7.03. The zero-order chi connectivity index (χ0) is 16.1. The van der Waals surface area contributed by atoms with Crippen LogP contribution >= 0.6 is 11.3 Å². The summed E-state index contributed by atoms with van der Waals surface area (Å²) in [4.78, 5) is 29.9. The maximum atomic E-state index is 12.3. The summed E-state index contributed by atoms with van der Waals surface area (Å²) in [6.45, 7) is 3.85. The van der Waals surface area contributed by atoms with Crippen LogP contribution in [-0.2, 0) is 0 Å². The number of aromatic nitrogens is 2. The van der Waals surface area contributed by atoms with Crippen molar-refractivity contribution in [2.45, 2.75) is 13.8 Å². The second kappa shape index (κ2) is 4.85. The van der Waals surface area contributed by atoms with Crippen LogP contribution in [0.1, 0.15) is 37.8 Å². The average molecular weight is 324 g/mol. The summed E-state index contributed by atoms with van der Waals surface area (Å²) in [5, 5.41) is 7.04. The zero-order valence-electron chi connectivity index (χ0n) is 12.5. The standard InChI is InChI=1S/C16H12N4O2S/c1-9-8-23-16-18-10(2)13(19(9)16)7-17-20-14(21)11-5-3-4-6-12(11)15(20)22/h3-8H,1-2H3/b17-7-. The fourth-order valence-corrected chi connectivity index (χ4v) is 3.59. The maximum absolute atomic E-state index is 12.3. The molecule has 0 saturated heterocycles. The van der Waals surface area contributed by atoms with Gasteiger partial charge in [-0.25, -0.2) is 4.98 Å². The van der Waals surface area contributed by atoms with Crippen LogP contribution in [0.4, 0.5) is 0 Å². The highest BCUT2D eigenvalue weighted by molar-refractivity contribution is 7.15. The first-order valence-corrected chi connectivity index (χ1v) is 7.91. The monoisotopic (exact) mass is 324 g/mol. The molecule has 2 amide bonds. The molecular weight excluding hydrogens is 312 g/mol. The third-order valence-electron chi connectivity index (χ3n) is 3.82. The van der Waals surface area contributed by atoms with E-state index < -0.39 is 11.8 Å². The van der Waals surface area contributed by atoms with Gasteiger partial charge in [-0.15, -0.1) is 11.3 Å². The third-order valence-corrected chi connectivity index (χ3v) is 4.77. The minimum absolute atomic E-state index is 0.386. The Morgan fingerprint density at radius 3 is 2.43 bits per heavy atom. The molecule has 114 valence electrons. The van der Waals surface area contributed by atoms with E-state index in [0.717, 1.165) is 27.1 Å². The van der Waals surface area contributed by atoms with Gasteiger partial charge in [-0.3, -0.25) is 14.0 Å². The molecule has 0 fully saturated rings. The highest BCUT2D eigenvalue weighted by Gasteiger charge is 2.35. The number of hydrazone groups is 1. The van der Waals surface area contributed by atoms with E-state index in [0.29, 0.717) is 11.1 Å². The Kier molecular flexibility index (Phi) is 2.92. The number of fused-ring (bicyclic) bond motifs is 2. The summed E-state index contributed by atoms with van der Waals surface area (Å²) in [5.41, 5.74) is 3.39. The van der Waals surface area contributed by atoms with Crippen LogP contribution in [0.15, 0.2) is 34.7 Å². The number of amides is 2. The highest BCUT2D eigenvalue weighted by atomic mass is 32.1. The minimum Gasteiger partial charge on any atom is -0.286 e. The number of thiazole rings is 1. The van der Waals surface area contributed by atoms with Gasteiger partial charge < -0.3 is 0 Å². The second-order valence-electron chi connectivity index (χ2n) is 5.29. The number of benzene rings is 1. The van der Waals surface area contributed by atoms with Crippen LogP contribution in [0.2, 0.25) is 0 Å². The molecular formula is C16H12N4O2S. The van der Waals surface area contributed by atoms with E-state index in [9.17, 15) is 9.59 Å². The molecule has 3 heterocycles. The molecule has 3 aromatic rings. The maximum Gasteiger partial charge on any atom is 0.282 e. The molecule has 23 heavy (non-hydrogen) atoms. The lowest BCUT2D eigenvalue weighted by molar-refractivity contribution is 0.0660. The molecule has 0 saturated carbocycles. The van der Waals surface area contributed by atoms with Crippen LogP contribution in [-0.4, -0.2) is 32.4 Å². The van der Waals surface area contributed by atoms with Gasteiger partial charge in [0, 0.05) is 11.1 Å². The quantitative estimate of drug-likeness (QED) is 0.537. The summed E-state index contributed by atoms with van der Waals surface area (Å²) < 4.78 is 1.96. The summed E-state index contributed by atoms with van der Waals surface area (Å²) in [6.07, 6.45) is 1.52. The number of imide groups is 1. The van der Waals surface area contributed by atoms with Crippen LogP contribution in [0, 0.1) is 13.8 Å². The summed E-state index contributed by atoms with van der Waals surface area (Å²) in [7, 11) is 0. The van der Waals surface area contributed by atoms with Gasteiger partial charge in [0.05, 0.1) is 28.7 Å². The topological polar surface area (TPSA) is 67.0 Å². The van der Waals surface area contributed by atoms with Crippen molar-refractivity contribution >= 4 is 34.3 Å². The predicted molar refractivity (Wildman–Crippen MR) is 87.1 cm³/mol. The lowest BCUT2D eigenvalue weighted by atomic mass is 10.1. The van der Waals surface area contributed by atoms with E-state index in [1.54, 1.807) is 35.6 Å². The number of hydrogen-bond acceptors (Lipinski definition) is 5. The average Bonchev–Trinajstić information content (AvgIpc) is 3.13. The predicted octanol–water partition coefficient (Wildman–Crippen LogP) is 2.64. The van der Waals surface area contributed by atoms with Crippen molar-refractivity contribution in [1.82, 2.24) is 14.4 Å². The molecule has 1 aliphatic rings. The molecule has 2 aromatic heterocycles. The van der Waals surface area contributed by atoms with E-state index in [1.165, 1.54) is 6.21 Å². The molecule has 1 aliphatic heterocycles. The van der Waals surface area contributed by atoms with Gasteiger partial charge in [-0.2, -0.15) is 10.1 Å². The van der Waals surface area contributed by atoms with Gasteiger partial charge in [0.1, 0.15) is 0 Å². The van der Waals surface area contributed by atoms with Crippen molar-refractivity contribution in [1.29, 1.82) is 0 Å². The number of rotatable bonds is 2. The molecule has 0 unspecified atom stereocenters. The van der Waals surface area contributed by atoms with Crippen LogP contribution in [0.5, 0.6) is 0 Å². The Hall–Kier alpha value is -2.80. The number of aryl methyl sites for hydroxylation is 2. The Morgan fingerprint density at radius 1 is 1.13 bits per heavy atom. The number of nitrogens with zero attached hydrogens (tertiary/aromatic N) is 4. The van der Waals surface area contributed by atoms with E-state index >= 15 is 0 Å². The van der Waals surface area contributed by atoms with Gasteiger partial charge >= 0.3 is 0 Å².